The van der Waals surface area contributed by atoms with Crippen molar-refractivity contribution in [2.24, 2.45) is 0 Å². The number of rotatable bonds is 2. The summed E-state index contributed by atoms with van der Waals surface area (Å²) in [6.45, 7) is 0. The van der Waals surface area contributed by atoms with Gasteiger partial charge in [0, 0.05) is 17.8 Å². The molecule has 6 nitrogen and oxygen atoms in total. The monoisotopic (exact) mass is 274 g/mol. The molecule has 3 rings (SSSR count). The van der Waals surface area contributed by atoms with Crippen LogP contribution in [0.4, 0.5) is 5.95 Å². The zero-order valence-corrected chi connectivity index (χ0v) is 10.6. The van der Waals surface area contributed by atoms with Crippen LogP contribution in [-0.4, -0.2) is 22.4 Å². The number of nitrogen functional groups attached to an aromatic ring is 1. The first-order valence-electron chi connectivity index (χ1n) is 5.49. The second kappa shape index (κ2) is 4.06. The highest BCUT2D eigenvalue weighted by molar-refractivity contribution is 7.90. The molecule has 3 aromatic rings. The van der Waals surface area contributed by atoms with E-state index >= 15 is 0 Å². The number of benzene rings is 1. The standard InChI is InChI=1S/C12H10N4O2S/c13-12-14-8-9-6-7-16(11(9)15-12)19(17,18)10-4-2-1-3-5-10/h1-8H,(H2,13,14,15). The van der Waals surface area contributed by atoms with E-state index in [1.54, 1.807) is 24.3 Å². The minimum atomic E-state index is -3.67. The van der Waals surface area contributed by atoms with Crippen LogP contribution >= 0.6 is 0 Å². The predicted octanol–water partition coefficient (Wildman–Crippen LogP) is 1.25. The van der Waals surface area contributed by atoms with Gasteiger partial charge in [-0.3, -0.25) is 0 Å². The first-order chi connectivity index (χ1) is 9.09. The summed E-state index contributed by atoms with van der Waals surface area (Å²) in [7, 11) is -3.67. The van der Waals surface area contributed by atoms with Gasteiger partial charge in [0.1, 0.15) is 0 Å². The maximum Gasteiger partial charge on any atom is 0.269 e. The largest absolute Gasteiger partial charge is 0.368 e. The molecule has 2 N–H and O–H groups in total. The van der Waals surface area contributed by atoms with Crippen LogP contribution in [0.15, 0.2) is 53.7 Å². The first kappa shape index (κ1) is 11.7. The number of aromatic nitrogens is 3. The Morgan fingerprint density at radius 2 is 1.84 bits per heavy atom. The van der Waals surface area contributed by atoms with Crippen LogP contribution in [0.3, 0.4) is 0 Å². The van der Waals surface area contributed by atoms with Crippen molar-refractivity contribution in [2.75, 3.05) is 5.73 Å². The van der Waals surface area contributed by atoms with Gasteiger partial charge < -0.3 is 5.73 Å². The SMILES string of the molecule is Nc1ncc2ccn(S(=O)(=O)c3ccccc3)c2n1. The second-order valence-electron chi connectivity index (χ2n) is 3.94. The molecule has 0 aliphatic rings. The lowest BCUT2D eigenvalue weighted by atomic mass is 10.4. The third kappa shape index (κ3) is 1.84. The summed E-state index contributed by atoms with van der Waals surface area (Å²) in [6.07, 6.45) is 2.94. The van der Waals surface area contributed by atoms with Gasteiger partial charge in [-0.15, -0.1) is 0 Å². The van der Waals surface area contributed by atoms with Crippen molar-refractivity contribution in [1.82, 2.24) is 13.9 Å². The third-order valence-corrected chi connectivity index (χ3v) is 4.39. The molecule has 0 fully saturated rings. The number of hydrogen-bond acceptors (Lipinski definition) is 5. The molecule has 0 radical (unpaired) electrons. The summed E-state index contributed by atoms with van der Waals surface area (Å²) in [5.41, 5.74) is 5.78. The number of nitrogens with zero attached hydrogens (tertiary/aromatic N) is 3. The normalized spacial score (nSPS) is 11.8. The summed E-state index contributed by atoms with van der Waals surface area (Å²) >= 11 is 0. The molecular formula is C12H10N4O2S. The van der Waals surface area contributed by atoms with Crippen molar-refractivity contribution in [3.05, 3.63) is 48.8 Å². The number of anilines is 1. The zero-order valence-electron chi connectivity index (χ0n) is 9.76. The molecule has 0 atom stereocenters. The van der Waals surface area contributed by atoms with Crippen molar-refractivity contribution in [1.29, 1.82) is 0 Å². The highest BCUT2D eigenvalue weighted by Crippen LogP contribution is 2.20. The molecule has 2 heterocycles. The van der Waals surface area contributed by atoms with E-state index in [-0.39, 0.29) is 16.5 Å². The van der Waals surface area contributed by atoms with Crippen molar-refractivity contribution in [2.45, 2.75) is 4.90 Å². The Morgan fingerprint density at radius 3 is 2.58 bits per heavy atom. The summed E-state index contributed by atoms with van der Waals surface area (Å²) < 4.78 is 26.1. The zero-order chi connectivity index (χ0) is 13.5. The molecule has 7 heteroatoms. The van der Waals surface area contributed by atoms with Crippen molar-refractivity contribution in [3.8, 4) is 0 Å². The highest BCUT2D eigenvalue weighted by atomic mass is 32.2. The molecule has 19 heavy (non-hydrogen) atoms. The fourth-order valence-electron chi connectivity index (χ4n) is 1.81. The Morgan fingerprint density at radius 1 is 1.11 bits per heavy atom. The number of fused-ring (bicyclic) bond motifs is 1. The van der Waals surface area contributed by atoms with Gasteiger partial charge in [0.15, 0.2) is 5.65 Å². The Balaban J connectivity index is 2.28. The van der Waals surface area contributed by atoms with Gasteiger partial charge in [-0.2, -0.15) is 4.98 Å². The molecular weight excluding hydrogens is 264 g/mol. The van der Waals surface area contributed by atoms with Crippen molar-refractivity contribution >= 4 is 27.0 Å². The van der Waals surface area contributed by atoms with Crippen LogP contribution < -0.4 is 5.73 Å². The molecule has 2 aromatic heterocycles. The lowest BCUT2D eigenvalue weighted by Gasteiger charge is -2.06. The van der Waals surface area contributed by atoms with E-state index in [1.807, 2.05) is 0 Å². The Labute approximate surface area is 109 Å². The lowest BCUT2D eigenvalue weighted by molar-refractivity contribution is 0.589. The van der Waals surface area contributed by atoms with Crippen LogP contribution in [0.25, 0.3) is 11.0 Å². The van der Waals surface area contributed by atoms with Gasteiger partial charge in [-0.25, -0.2) is 17.4 Å². The molecule has 0 unspecified atom stereocenters. The number of hydrogen-bond donors (Lipinski definition) is 1. The van der Waals surface area contributed by atoms with E-state index in [0.29, 0.717) is 5.39 Å². The van der Waals surface area contributed by atoms with Crippen LogP contribution in [0.1, 0.15) is 0 Å². The van der Waals surface area contributed by atoms with E-state index in [2.05, 4.69) is 9.97 Å². The van der Waals surface area contributed by atoms with Gasteiger partial charge in [-0.05, 0) is 18.2 Å². The molecule has 0 aliphatic carbocycles. The minimum Gasteiger partial charge on any atom is -0.368 e. The second-order valence-corrected chi connectivity index (χ2v) is 5.75. The van der Waals surface area contributed by atoms with Gasteiger partial charge in [0.2, 0.25) is 5.95 Å². The molecule has 1 aromatic carbocycles. The average molecular weight is 274 g/mol. The van der Waals surface area contributed by atoms with Gasteiger partial charge in [-0.1, -0.05) is 18.2 Å². The highest BCUT2D eigenvalue weighted by Gasteiger charge is 2.19. The Bertz CT molecular complexity index is 841. The van der Waals surface area contributed by atoms with Crippen molar-refractivity contribution in [3.63, 3.8) is 0 Å². The summed E-state index contributed by atoms with van der Waals surface area (Å²) in [5, 5.41) is 0.619. The fourth-order valence-corrected chi connectivity index (χ4v) is 3.13. The summed E-state index contributed by atoms with van der Waals surface area (Å²) in [4.78, 5) is 8.01. The molecule has 0 saturated heterocycles. The predicted molar refractivity (Wildman–Crippen MR) is 71.0 cm³/mol. The van der Waals surface area contributed by atoms with Crippen LogP contribution in [0.2, 0.25) is 0 Å². The molecule has 96 valence electrons. The fraction of sp³-hybridized carbons (Fsp3) is 0. The maximum atomic E-state index is 12.5. The van der Waals surface area contributed by atoms with Gasteiger partial charge in [0.05, 0.1) is 4.90 Å². The molecule has 0 aliphatic heterocycles. The molecule has 0 spiro atoms. The third-order valence-electron chi connectivity index (χ3n) is 2.71. The first-order valence-corrected chi connectivity index (χ1v) is 6.93. The molecule has 0 amide bonds. The van der Waals surface area contributed by atoms with Crippen LogP contribution in [0.5, 0.6) is 0 Å². The van der Waals surface area contributed by atoms with Gasteiger partial charge >= 0.3 is 0 Å². The topological polar surface area (TPSA) is 90.9 Å². The van der Waals surface area contributed by atoms with E-state index in [4.69, 9.17) is 5.73 Å². The number of nitrogens with two attached hydrogens (primary N) is 1. The maximum absolute atomic E-state index is 12.5. The summed E-state index contributed by atoms with van der Waals surface area (Å²) in [5.74, 6) is 0.0377. The smallest absolute Gasteiger partial charge is 0.269 e. The van der Waals surface area contributed by atoms with E-state index in [0.717, 1.165) is 3.97 Å². The summed E-state index contributed by atoms with van der Waals surface area (Å²) in [6, 6.07) is 9.80. The van der Waals surface area contributed by atoms with Crippen LogP contribution in [0, 0.1) is 0 Å². The molecule has 0 bridgehead atoms. The van der Waals surface area contributed by atoms with E-state index in [1.165, 1.54) is 24.5 Å². The van der Waals surface area contributed by atoms with E-state index < -0.39 is 10.0 Å². The van der Waals surface area contributed by atoms with Crippen LogP contribution in [-0.2, 0) is 10.0 Å². The average Bonchev–Trinajstić information content (AvgIpc) is 2.83. The van der Waals surface area contributed by atoms with Crippen molar-refractivity contribution < 1.29 is 8.42 Å². The quantitative estimate of drug-likeness (QED) is 0.759. The van der Waals surface area contributed by atoms with Gasteiger partial charge in [0.25, 0.3) is 10.0 Å². The Kier molecular flexibility index (Phi) is 2.49. The lowest BCUT2D eigenvalue weighted by Crippen LogP contribution is -2.12. The Hall–Kier alpha value is -2.41. The van der Waals surface area contributed by atoms with E-state index in [9.17, 15) is 8.42 Å². The molecule has 0 saturated carbocycles. The minimum absolute atomic E-state index is 0.0377.